The highest BCUT2D eigenvalue weighted by Crippen LogP contribution is 2.19. The summed E-state index contributed by atoms with van der Waals surface area (Å²) in [6.45, 7) is 11.5. The molecule has 1 aliphatic rings. The zero-order chi connectivity index (χ0) is 16.7. The lowest BCUT2D eigenvalue weighted by atomic mass is 10.0. The van der Waals surface area contributed by atoms with Crippen LogP contribution in [0.4, 0.5) is 5.13 Å². The number of hydrogen-bond donors (Lipinski definition) is 1. The van der Waals surface area contributed by atoms with E-state index in [-0.39, 0.29) is 0 Å². The number of aryl methyl sites for hydroxylation is 1. The molecular formula is C16H30N6S. The van der Waals surface area contributed by atoms with Crippen LogP contribution in [0, 0.1) is 5.92 Å². The topological polar surface area (TPSA) is 56.7 Å². The van der Waals surface area contributed by atoms with E-state index < -0.39 is 0 Å². The largest absolute Gasteiger partial charge is 0.356 e. The van der Waals surface area contributed by atoms with Crippen molar-refractivity contribution in [2.45, 2.75) is 40.0 Å². The van der Waals surface area contributed by atoms with Crippen LogP contribution in [0.3, 0.4) is 0 Å². The minimum Gasteiger partial charge on any atom is -0.356 e. The minimum absolute atomic E-state index is 0.724. The van der Waals surface area contributed by atoms with E-state index in [4.69, 9.17) is 0 Å². The maximum Gasteiger partial charge on any atom is 0.205 e. The van der Waals surface area contributed by atoms with Gasteiger partial charge in [-0.25, -0.2) is 4.98 Å². The Kier molecular flexibility index (Phi) is 7.08. The normalized spacial score (nSPS) is 16.3. The number of guanidine groups is 1. The lowest BCUT2D eigenvalue weighted by Crippen LogP contribution is -2.53. The van der Waals surface area contributed by atoms with Crippen molar-refractivity contribution in [1.29, 1.82) is 0 Å². The van der Waals surface area contributed by atoms with Gasteiger partial charge < -0.3 is 15.1 Å². The molecule has 0 aliphatic carbocycles. The molecule has 0 aromatic carbocycles. The number of anilines is 1. The molecule has 7 heteroatoms. The summed E-state index contributed by atoms with van der Waals surface area (Å²) in [6, 6.07) is 0. The summed E-state index contributed by atoms with van der Waals surface area (Å²) < 4.78 is 4.39. The first-order valence-corrected chi connectivity index (χ1v) is 9.52. The molecule has 1 aromatic heterocycles. The molecule has 0 amide bonds. The number of aliphatic imine (C=N–C) groups is 1. The summed E-state index contributed by atoms with van der Waals surface area (Å²) in [7, 11) is 1.87. The highest BCUT2D eigenvalue weighted by molar-refractivity contribution is 7.09. The van der Waals surface area contributed by atoms with Crippen LogP contribution in [0.25, 0.3) is 0 Å². The zero-order valence-corrected chi connectivity index (χ0v) is 15.7. The second-order valence-electron chi connectivity index (χ2n) is 5.93. The molecule has 130 valence electrons. The number of nitrogens with one attached hydrogen (secondary N) is 1. The highest BCUT2D eigenvalue weighted by Gasteiger charge is 2.22. The van der Waals surface area contributed by atoms with E-state index in [9.17, 15) is 0 Å². The molecule has 1 saturated heterocycles. The van der Waals surface area contributed by atoms with Gasteiger partial charge in [-0.2, -0.15) is 4.37 Å². The Hall–Kier alpha value is -1.37. The molecule has 23 heavy (non-hydrogen) atoms. The highest BCUT2D eigenvalue weighted by atomic mass is 32.1. The Morgan fingerprint density at radius 1 is 1.22 bits per heavy atom. The van der Waals surface area contributed by atoms with Crippen molar-refractivity contribution in [3.63, 3.8) is 0 Å². The van der Waals surface area contributed by atoms with Gasteiger partial charge in [0.05, 0.1) is 0 Å². The van der Waals surface area contributed by atoms with E-state index in [1.54, 1.807) is 0 Å². The molecule has 0 radical (unpaired) electrons. The minimum atomic E-state index is 0.724. The van der Waals surface area contributed by atoms with Crippen molar-refractivity contribution in [2.75, 3.05) is 44.7 Å². The molecular weight excluding hydrogens is 308 g/mol. The van der Waals surface area contributed by atoms with Crippen LogP contribution < -0.4 is 10.2 Å². The van der Waals surface area contributed by atoms with E-state index in [2.05, 4.69) is 50.2 Å². The average molecular weight is 339 g/mol. The van der Waals surface area contributed by atoms with Gasteiger partial charge in [-0.05, 0) is 5.92 Å². The molecule has 1 N–H and O–H groups in total. The molecule has 1 fully saturated rings. The third-order valence-electron chi connectivity index (χ3n) is 4.54. The van der Waals surface area contributed by atoms with Crippen LogP contribution in [-0.2, 0) is 6.42 Å². The van der Waals surface area contributed by atoms with Crippen LogP contribution in [0.15, 0.2) is 4.99 Å². The average Bonchev–Trinajstić information content (AvgIpc) is 3.08. The van der Waals surface area contributed by atoms with Gasteiger partial charge in [0.15, 0.2) is 5.96 Å². The van der Waals surface area contributed by atoms with Gasteiger partial charge in [-0.1, -0.05) is 33.6 Å². The number of hydrogen-bond acceptors (Lipinski definition) is 5. The van der Waals surface area contributed by atoms with E-state index in [1.807, 2.05) is 7.05 Å². The summed E-state index contributed by atoms with van der Waals surface area (Å²) in [4.78, 5) is 13.7. The van der Waals surface area contributed by atoms with Gasteiger partial charge in [0.2, 0.25) is 5.13 Å². The number of nitrogens with zero attached hydrogens (tertiary/aromatic N) is 5. The zero-order valence-electron chi connectivity index (χ0n) is 14.9. The lowest BCUT2D eigenvalue weighted by Gasteiger charge is -2.36. The fourth-order valence-corrected chi connectivity index (χ4v) is 3.57. The first-order valence-electron chi connectivity index (χ1n) is 8.74. The summed E-state index contributed by atoms with van der Waals surface area (Å²) in [5.41, 5.74) is 0. The molecule has 0 bridgehead atoms. The van der Waals surface area contributed by atoms with E-state index >= 15 is 0 Å². The van der Waals surface area contributed by atoms with Gasteiger partial charge in [-0.3, -0.25) is 4.99 Å². The Labute approximate surface area is 144 Å². The Morgan fingerprint density at radius 3 is 2.43 bits per heavy atom. The standard InChI is InChI=1S/C16H30N6S/c1-5-13(6-2)12-18-15(17-4)21-8-10-22(11-9-21)16-19-14(7-3)20-23-16/h13H,5-12H2,1-4H3,(H,17,18). The SMILES string of the molecule is CCc1nsc(N2CCN(C(=NC)NCC(CC)CC)CC2)n1. The Bertz CT molecular complexity index is 489. The third-order valence-corrected chi connectivity index (χ3v) is 5.35. The molecule has 6 nitrogen and oxygen atoms in total. The van der Waals surface area contributed by atoms with Crippen LogP contribution in [0.1, 0.15) is 39.4 Å². The van der Waals surface area contributed by atoms with Crippen molar-refractivity contribution < 1.29 is 0 Å². The van der Waals surface area contributed by atoms with Gasteiger partial charge in [0.1, 0.15) is 5.82 Å². The summed E-state index contributed by atoms with van der Waals surface area (Å²) in [5, 5.41) is 4.60. The van der Waals surface area contributed by atoms with Crippen LogP contribution >= 0.6 is 11.5 Å². The molecule has 0 saturated carbocycles. The van der Waals surface area contributed by atoms with E-state index in [0.29, 0.717) is 0 Å². The maximum absolute atomic E-state index is 4.59. The van der Waals surface area contributed by atoms with Gasteiger partial charge in [0, 0.05) is 57.7 Å². The van der Waals surface area contributed by atoms with E-state index in [1.165, 1.54) is 24.4 Å². The second kappa shape index (κ2) is 9.05. The van der Waals surface area contributed by atoms with Crippen LogP contribution in [0.5, 0.6) is 0 Å². The quantitative estimate of drug-likeness (QED) is 0.637. The smallest absolute Gasteiger partial charge is 0.205 e. The van der Waals surface area contributed by atoms with Gasteiger partial charge in [-0.15, -0.1) is 0 Å². The Morgan fingerprint density at radius 2 is 1.91 bits per heavy atom. The molecule has 2 rings (SSSR count). The number of piperazine rings is 1. The number of aromatic nitrogens is 2. The Balaban J connectivity index is 1.84. The third kappa shape index (κ3) is 4.80. The predicted molar refractivity (Wildman–Crippen MR) is 98.5 cm³/mol. The first kappa shape index (κ1) is 18.0. The molecule has 1 aromatic rings. The second-order valence-corrected chi connectivity index (χ2v) is 6.66. The predicted octanol–water partition coefficient (Wildman–Crippen LogP) is 2.23. The van der Waals surface area contributed by atoms with Crippen LogP contribution in [0.2, 0.25) is 0 Å². The fraction of sp³-hybridized carbons (Fsp3) is 0.812. The van der Waals surface area contributed by atoms with Crippen molar-refractivity contribution >= 4 is 22.6 Å². The molecule has 1 aliphatic heterocycles. The van der Waals surface area contributed by atoms with E-state index in [0.717, 1.165) is 62.0 Å². The summed E-state index contributed by atoms with van der Waals surface area (Å²) in [5.74, 6) is 2.71. The fourth-order valence-electron chi connectivity index (χ4n) is 2.77. The first-order chi connectivity index (χ1) is 11.2. The lowest BCUT2D eigenvalue weighted by molar-refractivity contribution is 0.365. The summed E-state index contributed by atoms with van der Waals surface area (Å²) >= 11 is 1.52. The maximum atomic E-state index is 4.59. The van der Waals surface area contributed by atoms with Gasteiger partial charge >= 0.3 is 0 Å². The van der Waals surface area contributed by atoms with Crippen molar-refractivity contribution in [3.8, 4) is 0 Å². The molecule has 0 spiro atoms. The monoisotopic (exact) mass is 338 g/mol. The number of rotatable bonds is 6. The van der Waals surface area contributed by atoms with Crippen molar-refractivity contribution in [1.82, 2.24) is 19.6 Å². The van der Waals surface area contributed by atoms with Crippen molar-refractivity contribution in [3.05, 3.63) is 5.82 Å². The van der Waals surface area contributed by atoms with Gasteiger partial charge in [0.25, 0.3) is 0 Å². The van der Waals surface area contributed by atoms with Crippen molar-refractivity contribution in [2.24, 2.45) is 10.9 Å². The summed E-state index contributed by atoms with van der Waals surface area (Å²) in [6.07, 6.45) is 3.33. The molecule has 0 unspecified atom stereocenters. The molecule has 2 heterocycles. The van der Waals surface area contributed by atoms with Crippen LogP contribution in [-0.4, -0.2) is 60.0 Å². The molecule has 0 atom stereocenters.